The number of halogens is 2. The van der Waals surface area contributed by atoms with Crippen LogP contribution in [0.2, 0.25) is 0 Å². The van der Waals surface area contributed by atoms with Crippen molar-refractivity contribution in [2.75, 3.05) is 0 Å². The minimum Gasteiger partial charge on any atom is -0.392 e. The molecule has 94 valence electrons. The van der Waals surface area contributed by atoms with E-state index in [1.165, 1.54) is 12.1 Å². The first-order chi connectivity index (χ1) is 7.89. The van der Waals surface area contributed by atoms with Crippen molar-refractivity contribution in [3.05, 3.63) is 35.4 Å². The number of hydrogen-bond donors (Lipinski definition) is 2. The molecule has 1 aliphatic carbocycles. The van der Waals surface area contributed by atoms with Gasteiger partial charge in [0.15, 0.2) is 0 Å². The van der Waals surface area contributed by atoms with Crippen molar-refractivity contribution in [1.82, 2.24) is 5.32 Å². The van der Waals surface area contributed by atoms with E-state index in [-0.39, 0.29) is 17.6 Å². The molecule has 2 rings (SSSR count). The Hall–Kier alpha value is -1.00. The van der Waals surface area contributed by atoms with E-state index in [0.29, 0.717) is 18.5 Å². The third-order valence-corrected chi connectivity index (χ3v) is 3.69. The average Bonchev–Trinajstić information content (AvgIpc) is 2.22. The van der Waals surface area contributed by atoms with E-state index in [2.05, 4.69) is 5.32 Å². The van der Waals surface area contributed by atoms with Crippen LogP contribution in [-0.2, 0) is 6.54 Å². The van der Waals surface area contributed by atoms with Crippen LogP contribution < -0.4 is 5.32 Å². The van der Waals surface area contributed by atoms with E-state index in [0.717, 1.165) is 6.07 Å². The molecule has 0 heterocycles. The van der Waals surface area contributed by atoms with E-state index in [4.69, 9.17) is 0 Å². The van der Waals surface area contributed by atoms with Crippen LogP contribution in [0.25, 0.3) is 0 Å². The molecule has 1 aliphatic rings. The Balaban J connectivity index is 1.95. The topological polar surface area (TPSA) is 32.3 Å². The number of hydrogen-bond acceptors (Lipinski definition) is 2. The normalized spacial score (nSPS) is 26.6. The molecule has 4 heteroatoms. The standard InChI is InChI=1S/C13H17F2NO/c1-13(2)11(6-12(13)17)16-7-8-3-9(14)5-10(15)4-8/h3-5,11-12,16-17H,6-7H2,1-2H3. The molecule has 2 unspecified atom stereocenters. The van der Waals surface area contributed by atoms with Gasteiger partial charge in [-0.15, -0.1) is 0 Å². The van der Waals surface area contributed by atoms with Crippen molar-refractivity contribution in [1.29, 1.82) is 0 Å². The lowest BCUT2D eigenvalue weighted by molar-refractivity contribution is -0.0730. The highest BCUT2D eigenvalue weighted by Crippen LogP contribution is 2.40. The first-order valence-corrected chi connectivity index (χ1v) is 5.76. The maximum absolute atomic E-state index is 13.0. The Kier molecular flexibility index (Phi) is 3.19. The number of aliphatic hydroxyl groups excluding tert-OH is 1. The quantitative estimate of drug-likeness (QED) is 0.850. The zero-order valence-corrected chi connectivity index (χ0v) is 10.0. The smallest absolute Gasteiger partial charge is 0.126 e. The maximum Gasteiger partial charge on any atom is 0.126 e. The van der Waals surface area contributed by atoms with Crippen molar-refractivity contribution >= 4 is 0 Å². The zero-order chi connectivity index (χ0) is 12.6. The Morgan fingerprint density at radius 1 is 1.29 bits per heavy atom. The van der Waals surface area contributed by atoms with Crippen molar-refractivity contribution < 1.29 is 13.9 Å². The minimum atomic E-state index is -0.560. The molecule has 1 aromatic carbocycles. The highest BCUT2D eigenvalue weighted by molar-refractivity contribution is 5.18. The molecular weight excluding hydrogens is 224 g/mol. The van der Waals surface area contributed by atoms with E-state index >= 15 is 0 Å². The molecule has 0 radical (unpaired) electrons. The van der Waals surface area contributed by atoms with Gasteiger partial charge < -0.3 is 10.4 Å². The third kappa shape index (κ3) is 2.48. The van der Waals surface area contributed by atoms with Gasteiger partial charge in [0.25, 0.3) is 0 Å². The van der Waals surface area contributed by atoms with Crippen LogP contribution in [0.3, 0.4) is 0 Å². The molecule has 0 amide bonds. The molecule has 2 atom stereocenters. The molecule has 2 nitrogen and oxygen atoms in total. The SMILES string of the molecule is CC1(C)C(O)CC1NCc1cc(F)cc(F)c1. The largest absolute Gasteiger partial charge is 0.392 e. The third-order valence-electron chi connectivity index (χ3n) is 3.69. The summed E-state index contributed by atoms with van der Waals surface area (Å²) in [5.74, 6) is -1.12. The Morgan fingerprint density at radius 3 is 2.35 bits per heavy atom. The number of rotatable bonds is 3. The van der Waals surface area contributed by atoms with Crippen LogP contribution in [-0.4, -0.2) is 17.3 Å². The lowest BCUT2D eigenvalue weighted by Crippen LogP contribution is -2.59. The average molecular weight is 241 g/mol. The van der Waals surface area contributed by atoms with Crippen LogP contribution in [0, 0.1) is 17.0 Å². The van der Waals surface area contributed by atoms with Crippen LogP contribution in [0.4, 0.5) is 8.78 Å². The monoisotopic (exact) mass is 241 g/mol. The van der Waals surface area contributed by atoms with E-state index in [9.17, 15) is 13.9 Å². The highest BCUT2D eigenvalue weighted by Gasteiger charge is 2.46. The van der Waals surface area contributed by atoms with Crippen LogP contribution >= 0.6 is 0 Å². The number of aliphatic hydroxyl groups is 1. The van der Waals surface area contributed by atoms with Gasteiger partial charge in [0.2, 0.25) is 0 Å². The van der Waals surface area contributed by atoms with E-state index < -0.39 is 11.6 Å². The van der Waals surface area contributed by atoms with E-state index in [1.54, 1.807) is 0 Å². The summed E-state index contributed by atoms with van der Waals surface area (Å²) in [6, 6.07) is 3.68. The second kappa shape index (κ2) is 4.35. The zero-order valence-electron chi connectivity index (χ0n) is 10.0. The summed E-state index contributed by atoms with van der Waals surface area (Å²) < 4.78 is 25.9. The molecule has 0 saturated heterocycles. The summed E-state index contributed by atoms with van der Waals surface area (Å²) in [6.07, 6.45) is 0.384. The minimum absolute atomic E-state index is 0.175. The molecule has 0 spiro atoms. The first-order valence-electron chi connectivity index (χ1n) is 5.76. The molecular formula is C13H17F2NO. The maximum atomic E-state index is 13.0. The van der Waals surface area contributed by atoms with Gasteiger partial charge in [-0.25, -0.2) is 8.78 Å². The van der Waals surface area contributed by atoms with Gasteiger partial charge in [0, 0.05) is 24.1 Å². The Bertz CT molecular complexity index is 400. The second-order valence-electron chi connectivity index (χ2n) is 5.28. The summed E-state index contributed by atoms with van der Waals surface area (Å²) in [7, 11) is 0. The van der Waals surface area contributed by atoms with Crippen LogP contribution in [0.15, 0.2) is 18.2 Å². The van der Waals surface area contributed by atoms with Gasteiger partial charge >= 0.3 is 0 Å². The lowest BCUT2D eigenvalue weighted by atomic mass is 9.64. The molecule has 17 heavy (non-hydrogen) atoms. The van der Waals surface area contributed by atoms with Crippen molar-refractivity contribution in [3.8, 4) is 0 Å². The van der Waals surface area contributed by atoms with Crippen LogP contribution in [0.1, 0.15) is 25.8 Å². The highest BCUT2D eigenvalue weighted by atomic mass is 19.1. The fourth-order valence-corrected chi connectivity index (χ4v) is 2.20. The van der Waals surface area contributed by atoms with Gasteiger partial charge in [-0.05, 0) is 24.1 Å². The van der Waals surface area contributed by atoms with Gasteiger partial charge in [0.05, 0.1) is 6.10 Å². The summed E-state index contributed by atoms with van der Waals surface area (Å²) in [5, 5.41) is 12.8. The fourth-order valence-electron chi connectivity index (χ4n) is 2.20. The Labute approximate surface area is 99.7 Å². The van der Waals surface area contributed by atoms with Crippen molar-refractivity contribution in [3.63, 3.8) is 0 Å². The molecule has 2 N–H and O–H groups in total. The summed E-state index contributed by atoms with van der Waals surface area (Å²) in [6.45, 7) is 4.37. The molecule has 0 aromatic heterocycles. The van der Waals surface area contributed by atoms with Gasteiger partial charge in [-0.2, -0.15) is 0 Å². The number of nitrogens with one attached hydrogen (secondary N) is 1. The molecule has 1 fully saturated rings. The molecule has 0 bridgehead atoms. The number of benzene rings is 1. The van der Waals surface area contributed by atoms with Crippen molar-refractivity contribution in [2.45, 2.75) is 39.0 Å². The molecule has 1 aromatic rings. The summed E-state index contributed by atoms with van der Waals surface area (Å²) in [4.78, 5) is 0. The Morgan fingerprint density at radius 2 is 1.88 bits per heavy atom. The van der Waals surface area contributed by atoms with Crippen molar-refractivity contribution in [2.24, 2.45) is 5.41 Å². The molecule has 0 aliphatic heterocycles. The fraction of sp³-hybridized carbons (Fsp3) is 0.538. The van der Waals surface area contributed by atoms with Gasteiger partial charge in [0.1, 0.15) is 11.6 Å². The first kappa shape index (κ1) is 12.5. The van der Waals surface area contributed by atoms with Gasteiger partial charge in [-0.1, -0.05) is 13.8 Å². The van der Waals surface area contributed by atoms with E-state index in [1.807, 2.05) is 13.8 Å². The summed E-state index contributed by atoms with van der Waals surface area (Å²) in [5.41, 5.74) is 0.408. The second-order valence-corrected chi connectivity index (χ2v) is 5.28. The van der Waals surface area contributed by atoms with Gasteiger partial charge in [-0.3, -0.25) is 0 Å². The van der Waals surface area contributed by atoms with Crippen LogP contribution in [0.5, 0.6) is 0 Å². The molecule has 1 saturated carbocycles. The predicted octanol–water partition coefficient (Wildman–Crippen LogP) is 2.21. The predicted molar refractivity (Wildman–Crippen MR) is 61.4 cm³/mol. The summed E-state index contributed by atoms with van der Waals surface area (Å²) >= 11 is 0. The lowest BCUT2D eigenvalue weighted by Gasteiger charge is -2.49.